The summed E-state index contributed by atoms with van der Waals surface area (Å²) in [6, 6.07) is 9.78. The molecule has 0 atom stereocenters. The van der Waals surface area contributed by atoms with Gasteiger partial charge in [0, 0.05) is 12.0 Å². The molecule has 0 heterocycles. The highest BCUT2D eigenvalue weighted by atomic mass is 16.5. The van der Waals surface area contributed by atoms with E-state index in [0.717, 1.165) is 11.1 Å². The van der Waals surface area contributed by atoms with Crippen LogP contribution < -0.4 is 0 Å². The van der Waals surface area contributed by atoms with Gasteiger partial charge in [0.2, 0.25) is 0 Å². The van der Waals surface area contributed by atoms with Gasteiger partial charge in [0.25, 0.3) is 0 Å². The van der Waals surface area contributed by atoms with Crippen LogP contribution in [0.4, 0.5) is 0 Å². The number of methoxy groups -OCH3 is 1. The predicted octanol–water partition coefficient (Wildman–Crippen LogP) is 3.60. The van der Waals surface area contributed by atoms with Crippen molar-refractivity contribution in [3.05, 3.63) is 53.1 Å². The molecule has 0 fully saturated rings. The second-order valence-corrected chi connectivity index (χ2v) is 3.88. The molecule has 0 amide bonds. The summed E-state index contributed by atoms with van der Waals surface area (Å²) in [5.74, 6) is -0.268. The number of allylic oxidation sites excluding steroid dienone is 2. The molecule has 1 aromatic carbocycles. The Hall–Kier alpha value is -1.83. The summed E-state index contributed by atoms with van der Waals surface area (Å²) in [5, 5.41) is 0. The zero-order chi connectivity index (χ0) is 12.7. The van der Waals surface area contributed by atoms with Crippen LogP contribution in [0.2, 0.25) is 0 Å². The van der Waals surface area contributed by atoms with E-state index >= 15 is 0 Å². The Morgan fingerprint density at radius 3 is 2.47 bits per heavy atom. The molecule has 0 aliphatic rings. The maximum atomic E-state index is 11.7. The van der Waals surface area contributed by atoms with Crippen molar-refractivity contribution in [3.63, 3.8) is 0 Å². The van der Waals surface area contributed by atoms with Gasteiger partial charge in [-0.2, -0.15) is 0 Å². The number of esters is 1. The SMILES string of the molecule is C/C=C(\C)C/C(=C\c1ccccc1)C(=O)OC. The average molecular weight is 230 g/mol. The fraction of sp³-hybridized carbons (Fsp3) is 0.267. The minimum absolute atomic E-state index is 0.268. The molecule has 0 spiro atoms. The first-order valence-corrected chi connectivity index (χ1v) is 5.63. The van der Waals surface area contributed by atoms with Gasteiger partial charge >= 0.3 is 5.97 Å². The first kappa shape index (κ1) is 13.2. The standard InChI is InChI=1S/C15H18O2/c1-4-12(2)10-14(15(16)17-3)11-13-8-6-5-7-9-13/h4-9,11H,10H2,1-3H3/b12-4+,14-11+. The van der Waals surface area contributed by atoms with Crippen LogP contribution in [0.25, 0.3) is 6.08 Å². The molecule has 0 unspecified atom stereocenters. The van der Waals surface area contributed by atoms with Gasteiger partial charge in [-0.05, 0) is 25.5 Å². The second-order valence-electron chi connectivity index (χ2n) is 3.88. The zero-order valence-electron chi connectivity index (χ0n) is 10.6. The zero-order valence-corrected chi connectivity index (χ0v) is 10.6. The summed E-state index contributed by atoms with van der Waals surface area (Å²) in [5.41, 5.74) is 2.84. The van der Waals surface area contributed by atoms with Crippen LogP contribution in [0.3, 0.4) is 0 Å². The van der Waals surface area contributed by atoms with Gasteiger partial charge in [-0.25, -0.2) is 4.79 Å². The lowest BCUT2D eigenvalue weighted by Gasteiger charge is -2.06. The molecule has 0 N–H and O–H groups in total. The van der Waals surface area contributed by atoms with Crippen molar-refractivity contribution in [2.45, 2.75) is 20.3 Å². The smallest absolute Gasteiger partial charge is 0.334 e. The van der Waals surface area contributed by atoms with Crippen LogP contribution in [-0.4, -0.2) is 13.1 Å². The Kier molecular flexibility index (Phi) is 5.21. The Bertz CT molecular complexity index is 427. The predicted molar refractivity (Wildman–Crippen MR) is 70.5 cm³/mol. The van der Waals surface area contributed by atoms with Crippen LogP contribution in [0.15, 0.2) is 47.6 Å². The van der Waals surface area contributed by atoms with E-state index in [1.165, 1.54) is 7.11 Å². The average Bonchev–Trinajstić information content (AvgIpc) is 2.38. The summed E-state index contributed by atoms with van der Waals surface area (Å²) in [4.78, 5) is 11.7. The van der Waals surface area contributed by atoms with E-state index in [1.54, 1.807) is 0 Å². The molecule has 17 heavy (non-hydrogen) atoms. The summed E-state index contributed by atoms with van der Waals surface area (Å²) < 4.78 is 4.80. The monoisotopic (exact) mass is 230 g/mol. The Balaban J connectivity index is 2.98. The van der Waals surface area contributed by atoms with Crippen molar-refractivity contribution in [1.29, 1.82) is 0 Å². The number of benzene rings is 1. The summed E-state index contributed by atoms with van der Waals surface area (Å²) in [6.45, 7) is 3.97. The first-order chi connectivity index (χ1) is 8.17. The van der Waals surface area contributed by atoms with E-state index in [9.17, 15) is 4.79 Å². The molecule has 0 aromatic heterocycles. The molecular formula is C15H18O2. The van der Waals surface area contributed by atoms with Crippen molar-refractivity contribution in [1.82, 2.24) is 0 Å². The molecule has 90 valence electrons. The van der Waals surface area contributed by atoms with E-state index < -0.39 is 0 Å². The third-order valence-corrected chi connectivity index (χ3v) is 2.55. The number of hydrogen-bond donors (Lipinski definition) is 0. The summed E-state index contributed by atoms with van der Waals surface area (Å²) in [6.07, 6.45) is 4.50. The molecule has 1 rings (SSSR count). The van der Waals surface area contributed by atoms with Crippen LogP contribution >= 0.6 is 0 Å². The highest BCUT2D eigenvalue weighted by Crippen LogP contribution is 2.16. The largest absolute Gasteiger partial charge is 0.466 e. The van der Waals surface area contributed by atoms with E-state index in [4.69, 9.17) is 4.74 Å². The van der Waals surface area contributed by atoms with Crippen molar-refractivity contribution < 1.29 is 9.53 Å². The van der Waals surface area contributed by atoms with E-state index in [2.05, 4.69) is 0 Å². The van der Waals surface area contributed by atoms with Crippen LogP contribution in [0.1, 0.15) is 25.8 Å². The molecule has 2 heteroatoms. The normalized spacial score (nSPS) is 12.4. The molecule has 0 aliphatic carbocycles. The molecule has 0 saturated heterocycles. The maximum absolute atomic E-state index is 11.7. The first-order valence-electron chi connectivity index (χ1n) is 5.63. The van der Waals surface area contributed by atoms with Gasteiger partial charge in [0.1, 0.15) is 0 Å². The number of carbonyl (C=O) groups excluding carboxylic acids is 1. The molecule has 0 saturated carbocycles. The van der Waals surface area contributed by atoms with Crippen molar-refractivity contribution in [3.8, 4) is 0 Å². The number of rotatable bonds is 4. The van der Waals surface area contributed by atoms with Crippen LogP contribution in [0.5, 0.6) is 0 Å². The van der Waals surface area contributed by atoms with Gasteiger partial charge < -0.3 is 4.74 Å². The molecule has 0 bridgehead atoms. The maximum Gasteiger partial charge on any atom is 0.334 e. The molecule has 2 nitrogen and oxygen atoms in total. The topological polar surface area (TPSA) is 26.3 Å². The van der Waals surface area contributed by atoms with Crippen LogP contribution in [0, 0.1) is 0 Å². The van der Waals surface area contributed by atoms with E-state index in [1.807, 2.05) is 56.3 Å². The van der Waals surface area contributed by atoms with Crippen molar-refractivity contribution in [2.75, 3.05) is 7.11 Å². The Morgan fingerprint density at radius 1 is 1.29 bits per heavy atom. The summed E-state index contributed by atoms with van der Waals surface area (Å²) >= 11 is 0. The number of carbonyl (C=O) groups is 1. The molecule has 0 radical (unpaired) electrons. The lowest BCUT2D eigenvalue weighted by Crippen LogP contribution is -2.05. The highest BCUT2D eigenvalue weighted by molar-refractivity contribution is 5.94. The number of hydrogen-bond acceptors (Lipinski definition) is 2. The van der Waals surface area contributed by atoms with Gasteiger partial charge in [-0.3, -0.25) is 0 Å². The molecule has 0 aliphatic heterocycles. The highest BCUT2D eigenvalue weighted by Gasteiger charge is 2.09. The second kappa shape index (κ2) is 6.69. The van der Waals surface area contributed by atoms with E-state index in [-0.39, 0.29) is 5.97 Å². The third-order valence-electron chi connectivity index (χ3n) is 2.55. The van der Waals surface area contributed by atoms with Gasteiger partial charge in [-0.1, -0.05) is 42.0 Å². The van der Waals surface area contributed by atoms with Crippen LogP contribution in [-0.2, 0) is 9.53 Å². The van der Waals surface area contributed by atoms with Crippen molar-refractivity contribution >= 4 is 12.0 Å². The fourth-order valence-electron chi connectivity index (χ4n) is 1.47. The van der Waals surface area contributed by atoms with Gasteiger partial charge in [0.05, 0.1) is 7.11 Å². The lowest BCUT2D eigenvalue weighted by molar-refractivity contribution is -0.136. The molecular weight excluding hydrogens is 212 g/mol. The quantitative estimate of drug-likeness (QED) is 0.449. The van der Waals surface area contributed by atoms with Crippen molar-refractivity contribution in [2.24, 2.45) is 0 Å². The fourth-order valence-corrected chi connectivity index (χ4v) is 1.47. The lowest BCUT2D eigenvalue weighted by atomic mass is 10.0. The van der Waals surface area contributed by atoms with Gasteiger partial charge in [0.15, 0.2) is 0 Å². The Labute approximate surface area is 103 Å². The molecule has 1 aromatic rings. The third kappa shape index (κ3) is 4.27. The van der Waals surface area contributed by atoms with Gasteiger partial charge in [-0.15, -0.1) is 0 Å². The number of ether oxygens (including phenoxy) is 1. The Morgan fingerprint density at radius 2 is 1.94 bits per heavy atom. The summed E-state index contributed by atoms with van der Waals surface area (Å²) in [7, 11) is 1.41. The minimum Gasteiger partial charge on any atom is -0.466 e. The van der Waals surface area contributed by atoms with E-state index in [0.29, 0.717) is 12.0 Å². The minimum atomic E-state index is -0.268.